The highest BCUT2D eigenvalue weighted by molar-refractivity contribution is 7.15. The van der Waals surface area contributed by atoms with Gasteiger partial charge in [-0.3, -0.25) is 4.40 Å². The van der Waals surface area contributed by atoms with E-state index >= 15 is 0 Å². The third-order valence-corrected chi connectivity index (χ3v) is 4.40. The Hall–Kier alpha value is -1.92. The van der Waals surface area contributed by atoms with E-state index in [4.69, 9.17) is 4.74 Å². The Bertz CT molecular complexity index is 745. The average Bonchev–Trinajstić information content (AvgIpc) is 3.00. The first-order chi connectivity index (χ1) is 10.2. The predicted molar refractivity (Wildman–Crippen MR) is 83.9 cm³/mol. The highest BCUT2D eigenvalue weighted by atomic mass is 32.1. The van der Waals surface area contributed by atoms with Crippen molar-refractivity contribution in [2.24, 2.45) is 0 Å². The molecule has 0 radical (unpaired) electrons. The molecule has 21 heavy (non-hydrogen) atoms. The number of aromatic nitrogens is 3. The molecule has 3 aromatic rings. The molecular weight excluding hydrogens is 284 g/mol. The van der Waals surface area contributed by atoms with Gasteiger partial charge in [-0.05, 0) is 19.4 Å². The van der Waals surface area contributed by atoms with Crippen LogP contribution in [0.5, 0.6) is 5.88 Å². The summed E-state index contributed by atoms with van der Waals surface area (Å²) in [5, 5.41) is 5.59. The van der Waals surface area contributed by atoms with Gasteiger partial charge in [-0.15, -0.1) is 11.3 Å². The lowest BCUT2D eigenvalue weighted by molar-refractivity contribution is 0.397. The summed E-state index contributed by atoms with van der Waals surface area (Å²) in [4.78, 5) is 9.87. The third-order valence-electron chi connectivity index (χ3n) is 3.46. The molecule has 5 nitrogen and oxygen atoms in total. The maximum Gasteiger partial charge on any atom is 0.212 e. The Labute approximate surface area is 127 Å². The Morgan fingerprint density at radius 1 is 1.29 bits per heavy atom. The molecule has 0 saturated heterocycles. The van der Waals surface area contributed by atoms with Crippen LogP contribution in [0.3, 0.4) is 0 Å². The summed E-state index contributed by atoms with van der Waals surface area (Å²) in [6.45, 7) is 5.73. The topological polar surface area (TPSA) is 51.5 Å². The van der Waals surface area contributed by atoms with Gasteiger partial charge in [0.1, 0.15) is 0 Å². The van der Waals surface area contributed by atoms with Crippen LogP contribution in [0.1, 0.15) is 22.6 Å². The fourth-order valence-electron chi connectivity index (χ4n) is 2.34. The quantitative estimate of drug-likeness (QED) is 0.787. The number of methoxy groups -OCH3 is 1. The molecule has 3 rings (SSSR count). The van der Waals surface area contributed by atoms with Crippen molar-refractivity contribution in [1.82, 2.24) is 19.7 Å². The number of imidazole rings is 1. The summed E-state index contributed by atoms with van der Waals surface area (Å²) in [5.41, 5.74) is 4.69. The fourth-order valence-corrected chi connectivity index (χ4v) is 3.27. The van der Waals surface area contributed by atoms with Crippen LogP contribution in [-0.2, 0) is 13.1 Å². The van der Waals surface area contributed by atoms with Crippen LogP contribution < -0.4 is 10.1 Å². The van der Waals surface area contributed by atoms with Crippen LogP contribution in [0, 0.1) is 13.8 Å². The molecule has 110 valence electrons. The molecule has 0 aliphatic rings. The standard InChI is InChI=1S/C15H18N4OS/c1-10-9-21-15-18-11(2)13(19(10)15)8-16-6-12-4-5-14(20-3)17-7-12/h4-5,7,9,16H,6,8H2,1-3H3. The molecule has 0 bridgehead atoms. The number of ether oxygens (including phenoxy) is 1. The van der Waals surface area contributed by atoms with Crippen molar-refractivity contribution in [3.8, 4) is 5.88 Å². The molecule has 6 heteroatoms. The molecule has 0 aliphatic heterocycles. The largest absolute Gasteiger partial charge is 0.481 e. The maximum atomic E-state index is 5.06. The first kappa shape index (κ1) is 14.0. The van der Waals surface area contributed by atoms with E-state index < -0.39 is 0 Å². The molecule has 0 unspecified atom stereocenters. The van der Waals surface area contributed by atoms with Gasteiger partial charge < -0.3 is 10.1 Å². The average molecular weight is 302 g/mol. The van der Waals surface area contributed by atoms with E-state index in [1.807, 2.05) is 18.3 Å². The molecule has 0 saturated carbocycles. The van der Waals surface area contributed by atoms with Gasteiger partial charge in [0, 0.05) is 36.4 Å². The van der Waals surface area contributed by atoms with E-state index in [9.17, 15) is 0 Å². The van der Waals surface area contributed by atoms with E-state index in [2.05, 4.69) is 38.9 Å². The Morgan fingerprint density at radius 3 is 2.86 bits per heavy atom. The number of rotatable bonds is 5. The van der Waals surface area contributed by atoms with Crippen molar-refractivity contribution >= 4 is 16.3 Å². The van der Waals surface area contributed by atoms with Gasteiger partial charge in [0.25, 0.3) is 0 Å². The predicted octanol–water partition coefficient (Wildman–Crippen LogP) is 2.71. The zero-order valence-corrected chi connectivity index (χ0v) is 13.2. The summed E-state index contributed by atoms with van der Waals surface area (Å²) in [6, 6.07) is 3.90. The van der Waals surface area contributed by atoms with Crippen LogP contribution in [0.4, 0.5) is 0 Å². The highest BCUT2D eigenvalue weighted by Gasteiger charge is 2.11. The molecule has 0 fully saturated rings. The van der Waals surface area contributed by atoms with Gasteiger partial charge in [-0.25, -0.2) is 9.97 Å². The normalized spacial score (nSPS) is 11.2. The van der Waals surface area contributed by atoms with E-state index in [0.717, 1.165) is 29.3 Å². The van der Waals surface area contributed by atoms with Gasteiger partial charge >= 0.3 is 0 Å². The summed E-state index contributed by atoms with van der Waals surface area (Å²) in [6.07, 6.45) is 1.83. The first-order valence-corrected chi connectivity index (χ1v) is 7.68. The lowest BCUT2D eigenvalue weighted by Crippen LogP contribution is -2.15. The number of nitrogens with one attached hydrogen (secondary N) is 1. The van der Waals surface area contributed by atoms with Crippen LogP contribution in [0.25, 0.3) is 4.96 Å². The van der Waals surface area contributed by atoms with Gasteiger partial charge in [0.15, 0.2) is 4.96 Å². The number of fused-ring (bicyclic) bond motifs is 1. The minimum Gasteiger partial charge on any atom is -0.481 e. The van der Waals surface area contributed by atoms with Crippen LogP contribution >= 0.6 is 11.3 Å². The van der Waals surface area contributed by atoms with Crippen molar-refractivity contribution < 1.29 is 4.74 Å². The molecule has 0 aliphatic carbocycles. The Balaban J connectivity index is 1.68. The number of hydrogen-bond acceptors (Lipinski definition) is 5. The van der Waals surface area contributed by atoms with Gasteiger partial charge in [0.2, 0.25) is 5.88 Å². The lowest BCUT2D eigenvalue weighted by Gasteiger charge is -2.06. The Kier molecular flexibility index (Phi) is 3.90. The Morgan fingerprint density at radius 2 is 2.14 bits per heavy atom. The molecule has 0 aromatic carbocycles. The maximum absolute atomic E-state index is 5.06. The van der Waals surface area contributed by atoms with E-state index in [-0.39, 0.29) is 0 Å². The second-order valence-electron chi connectivity index (χ2n) is 4.95. The number of nitrogens with zero attached hydrogens (tertiary/aromatic N) is 3. The smallest absolute Gasteiger partial charge is 0.212 e. The molecular formula is C15H18N4OS. The molecule has 0 spiro atoms. The number of aryl methyl sites for hydroxylation is 2. The molecule has 1 N–H and O–H groups in total. The number of thiazole rings is 1. The zero-order chi connectivity index (χ0) is 14.8. The molecule has 0 amide bonds. The van der Waals surface area contributed by atoms with Crippen LogP contribution in [0.2, 0.25) is 0 Å². The monoisotopic (exact) mass is 302 g/mol. The van der Waals surface area contributed by atoms with E-state index in [0.29, 0.717) is 5.88 Å². The van der Waals surface area contributed by atoms with Crippen molar-refractivity contribution in [2.45, 2.75) is 26.9 Å². The minimum atomic E-state index is 0.640. The van der Waals surface area contributed by atoms with Crippen molar-refractivity contribution in [1.29, 1.82) is 0 Å². The van der Waals surface area contributed by atoms with Crippen LogP contribution in [0.15, 0.2) is 23.7 Å². The third kappa shape index (κ3) is 2.77. The van der Waals surface area contributed by atoms with Crippen molar-refractivity contribution in [3.05, 3.63) is 46.4 Å². The summed E-state index contributed by atoms with van der Waals surface area (Å²) in [7, 11) is 1.62. The summed E-state index contributed by atoms with van der Waals surface area (Å²) >= 11 is 1.68. The van der Waals surface area contributed by atoms with Gasteiger partial charge in [-0.2, -0.15) is 0 Å². The molecule has 3 aromatic heterocycles. The molecule has 0 atom stereocenters. The number of hydrogen-bond donors (Lipinski definition) is 1. The summed E-state index contributed by atoms with van der Waals surface area (Å²) < 4.78 is 7.28. The van der Waals surface area contributed by atoms with Gasteiger partial charge in [0.05, 0.1) is 18.5 Å². The first-order valence-electron chi connectivity index (χ1n) is 6.80. The van der Waals surface area contributed by atoms with Crippen LogP contribution in [-0.4, -0.2) is 21.5 Å². The van der Waals surface area contributed by atoms with E-state index in [1.54, 1.807) is 18.4 Å². The highest BCUT2D eigenvalue weighted by Crippen LogP contribution is 2.20. The fraction of sp³-hybridized carbons (Fsp3) is 0.333. The van der Waals surface area contributed by atoms with Crippen molar-refractivity contribution in [2.75, 3.05) is 7.11 Å². The zero-order valence-electron chi connectivity index (χ0n) is 12.4. The van der Waals surface area contributed by atoms with Crippen molar-refractivity contribution in [3.63, 3.8) is 0 Å². The summed E-state index contributed by atoms with van der Waals surface area (Å²) in [5.74, 6) is 0.640. The second-order valence-corrected chi connectivity index (χ2v) is 5.79. The van der Waals surface area contributed by atoms with Gasteiger partial charge in [-0.1, -0.05) is 6.07 Å². The lowest BCUT2D eigenvalue weighted by atomic mass is 10.2. The molecule has 3 heterocycles. The minimum absolute atomic E-state index is 0.640. The van der Waals surface area contributed by atoms with E-state index in [1.165, 1.54) is 11.4 Å². The number of pyridine rings is 1. The second kappa shape index (κ2) is 5.83. The SMILES string of the molecule is COc1ccc(CNCc2c(C)nc3scc(C)n23)cn1.